The smallest absolute Gasteiger partial charge is 0.422 e. The van der Waals surface area contributed by atoms with Crippen LogP contribution in [-0.4, -0.2) is 49.1 Å². The predicted octanol–water partition coefficient (Wildman–Crippen LogP) is 2.48. The van der Waals surface area contributed by atoms with Crippen molar-refractivity contribution in [1.82, 2.24) is 20.4 Å². The Morgan fingerprint density at radius 2 is 1.44 bits per heavy atom. The van der Waals surface area contributed by atoms with Gasteiger partial charge in [-0.15, -0.1) is 9.56 Å². The van der Waals surface area contributed by atoms with E-state index in [-0.39, 0.29) is 13.2 Å². The molecular formula is C14H23N4O5PS. The Hall–Kier alpha value is -1.87. The van der Waals surface area contributed by atoms with Gasteiger partial charge in [0.2, 0.25) is 0 Å². The Morgan fingerprint density at radius 1 is 1.00 bits per heavy atom. The lowest BCUT2D eigenvalue weighted by Gasteiger charge is -2.36. The largest absolute Gasteiger partial charge is 0.449 e. The first-order valence-corrected chi connectivity index (χ1v) is 10.2. The number of para-hydroxylation sites is 1. The van der Waals surface area contributed by atoms with Crippen LogP contribution in [-0.2, 0) is 21.3 Å². The molecule has 0 atom stereocenters. The minimum atomic E-state index is -3.10. The fourth-order valence-corrected chi connectivity index (χ4v) is 3.62. The summed E-state index contributed by atoms with van der Waals surface area (Å²) in [6.07, 6.45) is -1.36. The predicted molar refractivity (Wildman–Crippen MR) is 97.2 cm³/mol. The Balaban J connectivity index is 3.01. The van der Waals surface area contributed by atoms with Crippen LogP contribution in [0.1, 0.15) is 13.8 Å². The van der Waals surface area contributed by atoms with Crippen molar-refractivity contribution in [3.8, 4) is 5.75 Å². The van der Waals surface area contributed by atoms with Crippen LogP contribution in [0.15, 0.2) is 30.3 Å². The number of rotatable bonds is 8. The summed E-state index contributed by atoms with van der Waals surface area (Å²) < 4.78 is 18.2. The van der Waals surface area contributed by atoms with Crippen LogP contribution < -0.4 is 15.4 Å². The van der Waals surface area contributed by atoms with Crippen molar-refractivity contribution < 1.29 is 23.6 Å². The molecule has 0 saturated heterocycles. The highest BCUT2D eigenvalue weighted by atomic mass is 32.5. The maximum atomic E-state index is 11.7. The molecule has 9 nitrogen and oxygen atoms in total. The van der Waals surface area contributed by atoms with Gasteiger partial charge in [0.1, 0.15) is 5.75 Å². The summed E-state index contributed by atoms with van der Waals surface area (Å²) in [4.78, 5) is 23.4. The Kier molecular flexibility index (Phi) is 8.64. The van der Waals surface area contributed by atoms with Crippen LogP contribution in [0.25, 0.3) is 0 Å². The van der Waals surface area contributed by atoms with E-state index < -0.39 is 18.8 Å². The van der Waals surface area contributed by atoms with Crippen LogP contribution in [0, 0.1) is 0 Å². The van der Waals surface area contributed by atoms with Crippen LogP contribution in [0.4, 0.5) is 9.59 Å². The van der Waals surface area contributed by atoms with Crippen LogP contribution >= 0.6 is 6.57 Å². The second kappa shape index (κ2) is 10.2. The molecule has 0 saturated carbocycles. The number of nitrogens with one attached hydrogen (secondary N) is 2. The fraction of sp³-hybridized carbons (Fsp3) is 0.429. The summed E-state index contributed by atoms with van der Waals surface area (Å²) in [6.45, 7) is 0.683. The summed E-state index contributed by atoms with van der Waals surface area (Å²) in [5, 5.41) is 0. The molecule has 2 amide bonds. The van der Waals surface area contributed by atoms with E-state index in [1.54, 1.807) is 38.1 Å². The van der Waals surface area contributed by atoms with Crippen molar-refractivity contribution in [2.45, 2.75) is 13.8 Å². The summed E-state index contributed by atoms with van der Waals surface area (Å²) in [5.74, 6) is 0.487. The van der Waals surface area contributed by atoms with Crippen LogP contribution in [0.3, 0.4) is 0 Å². The third-order valence-electron chi connectivity index (χ3n) is 2.78. The zero-order chi connectivity index (χ0) is 18.9. The number of carbonyl (C=O) groups is 2. The van der Waals surface area contributed by atoms with Gasteiger partial charge in [-0.25, -0.2) is 20.4 Å². The molecule has 1 rings (SSSR count). The maximum Gasteiger partial charge on any atom is 0.422 e. The molecule has 0 fully saturated rings. The van der Waals surface area contributed by atoms with Crippen molar-refractivity contribution in [3.05, 3.63) is 30.3 Å². The first kappa shape index (κ1) is 21.2. The monoisotopic (exact) mass is 390 g/mol. The molecule has 0 aliphatic heterocycles. The number of hydrogen-bond acceptors (Lipinski definition) is 6. The van der Waals surface area contributed by atoms with Gasteiger partial charge in [-0.2, -0.15) is 0 Å². The zero-order valence-corrected chi connectivity index (χ0v) is 16.3. The molecule has 0 spiro atoms. The van der Waals surface area contributed by atoms with E-state index in [4.69, 9.17) is 25.8 Å². The fourth-order valence-electron chi connectivity index (χ4n) is 1.66. The van der Waals surface area contributed by atoms with Crippen molar-refractivity contribution in [2.75, 3.05) is 27.3 Å². The third-order valence-corrected chi connectivity index (χ3v) is 6.64. The molecule has 0 aromatic heterocycles. The molecule has 0 heterocycles. The number of amides is 2. The summed E-state index contributed by atoms with van der Waals surface area (Å²) in [7, 11) is 3.06. The van der Waals surface area contributed by atoms with E-state index in [0.717, 1.165) is 0 Å². The molecule has 11 heteroatoms. The third kappa shape index (κ3) is 6.50. The van der Waals surface area contributed by atoms with Gasteiger partial charge in [-0.1, -0.05) is 18.2 Å². The highest BCUT2D eigenvalue weighted by Gasteiger charge is 2.34. The van der Waals surface area contributed by atoms with Gasteiger partial charge in [-0.3, -0.25) is 0 Å². The highest BCUT2D eigenvalue weighted by molar-refractivity contribution is 8.10. The molecule has 1 aromatic carbocycles. The van der Waals surface area contributed by atoms with Gasteiger partial charge in [0.05, 0.1) is 13.2 Å². The summed E-state index contributed by atoms with van der Waals surface area (Å²) in [5.41, 5.74) is 4.97. The van der Waals surface area contributed by atoms with Gasteiger partial charge in [-0.05, 0) is 37.8 Å². The second-order valence-corrected chi connectivity index (χ2v) is 8.40. The minimum Gasteiger partial charge on any atom is -0.449 e. The number of hydrazine groups is 2. The SMILES string of the molecule is CCOC(=O)NN(C)P(=S)(Oc1ccccc1)N(C)NC(=O)OCC. The van der Waals surface area contributed by atoms with E-state index in [1.165, 1.54) is 23.7 Å². The number of benzene rings is 1. The first-order valence-electron chi connectivity index (χ1n) is 7.53. The highest BCUT2D eigenvalue weighted by Crippen LogP contribution is 2.50. The number of nitrogens with zero attached hydrogens (tertiary/aromatic N) is 2. The number of carbonyl (C=O) groups excluding carboxylic acids is 2. The van der Waals surface area contributed by atoms with Crippen LogP contribution in [0.5, 0.6) is 5.75 Å². The first-order chi connectivity index (χ1) is 11.8. The van der Waals surface area contributed by atoms with Gasteiger partial charge in [0, 0.05) is 14.1 Å². The lowest BCUT2D eigenvalue weighted by atomic mass is 10.3. The number of hydrogen-bond donors (Lipinski definition) is 2. The van der Waals surface area contributed by atoms with E-state index in [1.807, 2.05) is 6.07 Å². The van der Waals surface area contributed by atoms with E-state index in [2.05, 4.69) is 10.9 Å². The van der Waals surface area contributed by atoms with Crippen molar-refractivity contribution in [3.63, 3.8) is 0 Å². The second-order valence-electron chi connectivity index (χ2n) is 4.61. The molecule has 0 aliphatic carbocycles. The Morgan fingerprint density at radius 3 is 1.84 bits per heavy atom. The molecule has 0 radical (unpaired) electrons. The maximum absolute atomic E-state index is 11.7. The van der Waals surface area contributed by atoms with E-state index >= 15 is 0 Å². The minimum absolute atomic E-state index is 0.207. The summed E-state index contributed by atoms with van der Waals surface area (Å²) >= 11 is 5.63. The van der Waals surface area contributed by atoms with E-state index in [0.29, 0.717) is 5.75 Å². The average molecular weight is 390 g/mol. The van der Waals surface area contributed by atoms with Gasteiger partial charge in [0.25, 0.3) is 6.57 Å². The molecular weight excluding hydrogens is 367 g/mol. The Labute approximate surface area is 152 Å². The quantitative estimate of drug-likeness (QED) is 0.517. The van der Waals surface area contributed by atoms with Crippen molar-refractivity contribution >= 4 is 30.6 Å². The molecule has 2 N–H and O–H groups in total. The normalized spacial score (nSPS) is 11.1. The molecule has 0 bridgehead atoms. The zero-order valence-electron chi connectivity index (χ0n) is 14.6. The topological polar surface area (TPSA) is 92.4 Å². The Bertz CT molecular complexity index is 588. The molecule has 0 unspecified atom stereocenters. The molecule has 1 aromatic rings. The van der Waals surface area contributed by atoms with Crippen LogP contribution in [0.2, 0.25) is 0 Å². The lowest BCUT2D eigenvalue weighted by Crippen LogP contribution is -2.47. The van der Waals surface area contributed by atoms with Gasteiger partial charge < -0.3 is 14.0 Å². The van der Waals surface area contributed by atoms with Gasteiger partial charge in [0.15, 0.2) is 0 Å². The van der Waals surface area contributed by atoms with Crippen molar-refractivity contribution in [1.29, 1.82) is 0 Å². The number of ether oxygens (including phenoxy) is 2. The van der Waals surface area contributed by atoms with E-state index in [9.17, 15) is 9.59 Å². The lowest BCUT2D eigenvalue weighted by molar-refractivity contribution is 0.128. The van der Waals surface area contributed by atoms with Gasteiger partial charge >= 0.3 is 12.2 Å². The standard InChI is InChI=1S/C14H23N4O5PS/c1-5-21-13(19)15-17(3)24(25,18(4)16-14(20)22-6-2)23-12-10-8-7-9-11-12/h7-11H,5-6H2,1-4H3,(H,15,19)(H,16,20). The molecule has 25 heavy (non-hydrogen) atoms. The summed E-state index contributed by atoms with van der Waals surface area (Å²) in [6, 6.07) is 8.84. The molecule has 0 aliphatic rings. The average Bonchev–Trinajstić information content (AvgIpc) is 2.55. The molecule has 140 valence electrons. The van der Waals surface area contributed by atoms with Crippen molar-refractivity contribution in [2.24, 2.45) is 0 Å².